The van der Waals surface area contributed by atoms with Crippen LogP contribution in [0.2, 0.25) is 10.0 Å². The molecule has 114 valence electrons. The summed E-state index contributed by atoms with van der Waals surface area (Å²) in [7, 11) is 0. The van der Waals surface area contributed by atoms with Crippen molar-refractivity contribution in [3.63, 3.8) is 0 Å². The van der Waals surface area contributed by atoms with E-state index in [0.29, 0.717) is 16.0 Å². The number of hydrogen-bond donors (Lipinski definition) is 1. The highest BCUT2D eigenvalue weighted by Gasteiger charge is 2.21. The minimum absolute atomic E-state index is 0.00344. The summed E-state index contributed by atoms with van der Waals surface area (Å²) in [6, 6.07) is 5.27. The third-order valence-corrected chi connectivity index (χ3v) is 4.47. The van der Waals surface area contributed by atoms with Gasteiger partial charge in [0.2, 0.25) is 5.91 Å². The zero-order chi connectivity index (χ0) is 15.2. The highest BCUT2D eigenvalue weighted by molar-refractivity contribution is 6.42. The number of amides is 1. The van der Waals surface area contributed by atoms with Crippen LogP contribution in [0.4, 0.5) is 0 Å². The van der Waals surface area contributed by atoms with Gasteiger partial charge in [-0.25, -0.2) is 0 Å². The molecule has 3 nitrogen and oxygen atoms in total. The lowest BCUT2D eigenvalue weighted by Gasteiger charge is -2.31. The Morgan fingerprint density at radius 3 is 2.90 bits per heavy atom. The van der Waals surface area contributed by atoms with E-state index < -0.39 is 0 Å². The second-order valence-corrected chi connectivity index (χ2v) is 6.13. The van der Waals surface area contributed by atoms with Gasteiger partial charge in [-0.15, -0.1) is 0 Å². The third-order valence-electron chi connectivity index (χ3n) is 3.73. The lowest BCUT2D eigenvalue weighted by molar-refractivity contribution is -0.127. The lowest BCUT2D eigenvalue weighted by Crippen LogP contribution is -2.39. The number of aliphatic hydroxyl groups excluding tert-OH is 1. The van der Waals surface area contributed by atoms with Crippen molar-refractivity contribution < 1.29 is 9.90 Å². The third kappa shape index (κ3) is 4.73. The normalized spacial score (nSPS) is 19.2. The molecule has 1 heterocycles. The molecule has 5 heteroatoms. The number of carbonyl (C=O) groups is 1. The van der Waals surface area contributed by atoms with E-state index >= 15 is 0 Å². The Labute approximate surface area is 135 Å². The molecule has 1 aromatic rings. The predicted molar refractivity (Wildman–Crippen MR) is 86.5 cm³/mol. The molecule has 1 unspecified atom stereocenters. The van der Waals surface area contributed by atoms with Crippen molar-refractivity contribution in [2.45, 2.75) is 19.3 Å². The summed E-state index contributed by atoms with van der Waals surface area (Å²) >= 11 is 11.8. The van der Waals surface area contributed by atoms with Gasteiger partial charge >= 0.3 is 0 Å². The molecule has 1 saturated heterocycles. The smallest absolute Gasteiger partial charge is 0.246 e. The second-order valence-electron chi connectivity index (χ2n) is 5.31. The Hall–Kier alpha value is -1.03. The largest absolute Gasteiger partial charge is 0.396 e. The van der Waals surface area contributed by atoms with Gasteiger partial charge in [-0.05, 0) is 49.0 Å². The van der Waals surface area contributed by atoms with Crippen molar-refractivity contribution in [3.05, 3.63) is 39.9 Å². The lowest BCUT2D eigenvalue weighted by atomic mass is 9.95. The number of hydrogen-bond acceptors (Lipinski definition) is 2. The second kappa shape index (κ2) is 7.83. The fourth-order valence-corrected chi connectivity index (χ4v) is 2.88. The number of rotatable bonds is 4. The van der Waals surface area contributed by atoms with Gasteiger partial charge in [-0.3, -0.25) is 4.79 Å². The number of aliphatic hydroxyl groups is 1. The van der Waals surface area contributed by atoms with E-state index in [-0.39, 0.29) is 12.5 Å². The fraction of sp³-hybridized carbons (Fsp3) is 0.438. The van der Waals surface area contributed by atoms with E-state index in [1.54, 1.807) is 24.3 Å². The molecule has 1 aromatic carbocycles. The fourth-order valence-electron chi connectivity index (χ4n) is 2.57. The van der Waals surface area contributed by atoms with Crippen molar-refractivity contribution in [1.29, 1.82) is 0 Å². The first kappa shape index (κ1) is 16.3. The SMILES string of the molecule is O=C(C=Cc1ccc(Cl)c(Cl)c1)N1CCCC(CCO)C1. The van der Waals surface area contributed by atoms with Gasteiger partial charge in [-0.1, -0.05) is 29.3 Å². The van der Waals surface area contributed by atoms with Crippen LogP contribution < -0.4 is 0 Å². The minimum Gasteiger partial charge on any atom is -0.396 e. The van der Waals surface area contributed by atoms with Crippen LogP contribution in [0.25, 0.3) is 6.08 Å². The average molecular weight is 328 g/mol. The van der Waals surface area contributed by atoms with E-state index in [1.165, 1.54) is 0 Å². The summed E-state index contributed by atoms with van der Waals surface area (Å²) in [6.07, 6.45) is 6.17. The summed E-state index contributed by atoms with van der Waals surface area (Å²) in [5.41, 5.74) is 0.849. The van der Waals surface area contributed by atoms with Crippen LogP contribution >= 0.6 is 23.2 Å². The summed E-state index contributed by atoms with van der Waals surface area (Å²) in [6.45, 7) is 1.70. The quantitative estimate of drug-likeness (QED) is 0.858. The predicted octanol–water partition coefficient (Wildman–Crippen LogP) is 3.63. The Balaban J connectivity index is 1.96. The van der Waals surface area contributed by atoms with Gasteiger partial charge in [0.1, 0.15) is 0 Å². The first-order valence-electron chi connectivity index (χ1n) is 7.13. The van der Waals surface area contributed by atoms with Gasteiger partial charge < -0.3 is 10.0 Å². The summed E-state index contributed by atoms with van der Waals surface area (Å²) in [4.78, 5) is 14.0. The number of carbonyl (C=O) groups excluding carboxylic acids is 1. The zero-order valence-corrected chi connectivity index (χ0v) is 13.3. The van der Waals surface area contributed by atoms with E-state index in [0.717, 1.165) is 37.9 Å². The molecule has 0 spiro atoms. The Morgan fingerprint density at radius 1 is 1.38 bits per heavy atom. The van der Waals surface area contributed by atoms with Crippen LogP contribution in [0.1, 0.15) is 24.8 Å². The molecule has 1 N–H and O–H groups in total. The standard InChI is InChI=1S/C16H19Cl2NO2/c17-14-5-3-12(10-15(14)18)4-6-16(21)19-8-1-2-13(11-19)7-9-20/h3-6,10,13,20H,1-2,7-9,11H2. The van der Waals surface area contributed by atoms with Crippen molar-refractivity contribution in [2.24, 2.45) is 5.92 Å². The first-order valence-corrected chi connectivity index (χ1v) is 7.88. The monoisotopic (exact) mass is 327 g/mol. The molecule has 0 saturated carbocycles. The molecule has 0 radical (unpaired) electrons. The maximum absolute atomic E-state index is 12.2. The van der Waals surface area contributed by atoms with Gasteiger partial charge in [0, 0.05) is 25.8 Å². The first-order chi connectivity index (χ1) is 10.1. The summed E-state index contributed by atoms with van der Waals surface area (Å²) in [5.74, 6) is 0.412. The van der Waals surface area contributed by atoms with Gasteiger partial charge in [0.25, 0.3) is 0 Å². The van der Waals surface area contributed by atoms with Crippen LogP contribution in [0.15, 0.2) is 24.3 Å². The summed E-state index contributed by atoms with van der Waals surface area (Å²) < 4.78 is 0. The van der Waals surface area contributed by atoms with Crippen molar-refractivity contribution in [2.75, 3.05) is 19.7 Å². The van der Waals surface area contributed by atoms with Crippen molar-refractivity contribution >= 4 is 35.2 Å². The van der Waals surface area contributed by atoms with Crippen molar-refractivity contribution in [1.82, 2.24) is 4.90 Å². The molecule has 1 fully saturated rings. The molecule has 1 amide bonds. The number of nitrogens with zero attached hydrogens (tertiary/aromatic N) is 1. The zero-order valence-electron chi connectivity index (χ0n) is 11.8. The maximum Gasteiger partial charge on any atom is 0.246 e. The molecule has 1 aliphatic rings. The van der Waals surface area contributed by atoms with Gasteiger partial charge in [-0.2, -0.15) is 0 Å². The number of piperidine rings is 1. The molecule has 0 bridgehead atoms. The van der Waals surface area contributed by atoms with Gasteiger partial charge in [0.05, 0.1) is 10.0 Å². The average Bonchev–Trinajstić information content (AvgIpc) is 2.49. The van der Waals surface area contributed by atoms with Crippen LogP contribution in [-0.2, 0) is 4.79 Å². The molecule has 1 atom stereocenters. The highest BCUT2D eigenvalue weighted by Crippen LogP contribution is 2.23. The molecule has 2 rings (SSSR count). The maximum atomic E-state index is 12.2. The van der Waals surface area contributed by atoms with Crippen LogP contribution in [0.5, 0.6) is 0 Å². The van der Waals surface area contributed by atoms with Crippen LogP contribution in [0, 0.1) is 5.92 Å². The number of halogens is 2. The van der Waals surface area contributed by atoms with Crippen LogP contribution in [0.3, 0.4) is 0 Å². The van der Waals surface area contributed by atoms with Gasteiger partial charge in [0.15, 0.2) is 0 Å². The van der Waals surface area contributed by atoms with Crippen molar-refractivity contribution in [3.8, 4) is 0 Å². The summed E-state index contributed by atoms with van der Waals surface area (Å²) in [5, 5.41) is 9.98. The van der Waals surface area contributed by atoms with E-state index in [1.807, 2.05) is 11.0 Å². The highest BCUT2D eigenvalue weighted by atomic mass is 35.5. The molecule has 0 aliphatic carbocycles. The molecule has 0 aromatic heterocycles. The topological polar surface area (TPSA) is 40.5 Å². The van der Waals surface area contributed by atoms with E-state index in [2.05, 4.69) is 0 Å². The minimum atomic E-state index is 0.00344. The molecular weight excluding hydrogens is 309 g/mol. The Kier molecular flexibility index (Phi) is 6.09. The molecular formula is C16H19Cl2NO2. The number of benzene rings is 1. The van der Waals surface area contributed by atoms with E-state index in [9.17, 15) is 4.79 Å². The van der Waals surface area contributed by atoms with E-state index in [4.69, 9.17) is 28.3 Å². The Morgan fingerprint density at radius 2 is 2.19 bits per heavy atom. The Bertz CT molecular complexity index is 529. The molecule has 1 aliphatic heterocycles. The molecule has 21 heavy (non-hydrogen) atoms. The number of likely N-dealkylation sites (tertiary alicyclic amines) is 1. The van der Waals surface area contributed by atoms with Crippen LogP contribution in [-0.4, -0.2) is 35.6 Å².